The monoisotopic (exact) mass is 298 g/mol. The minimum absolute atomic E-state index is 0.00762. The van der Waals surface area contributed by atoms with Crippen LogP contribution >= 0.6 is 0 Å². The highest BCUT2D eigenvalue weighted by molar-refractivity contribution is 5.94. The number of carbonyl (C=O) groups excluding carboxylic acids is 1. The normalized spacial score (nSPS) is 17.1. The Morgan fingerprint density at radius 1 is 1.32 bits per heavy atom. The van der Waals surface area contributed by atoms with E-state index >= 15 is 0 Å². The lowest BCUT2D eigenvalue weighted by atomic mass is 9.81. The van der Waals surface area contributed by atoms with Crippen LogP contribution in [0.15, 0.2) is 42.7 Å². The van der Waals surface area contributed by atoms with Crippen molar-refractivity contribution < 1.29 is 4.79 Å². The summed E-state index contributed by atoms with van der Waals surface area (Å²) < 4.78 is 1.78. The van der Waals surface area contributed by atoms with E-state index in [1.54, 1.807) is 10.9 Å². The molecule has 1 aromatic heterocycles. The van der Waals surface area contributed by atoms with Crippen LogP contribution in [0.25, 0.3) is 5.69 Å². The molecule has 2 heterocycles. The molecule has 1 aliphatic rings. The predicted octanol–water partition coefficient (Wildman–Crippen LogP) is 1.99. The van der Waals surface area contributed by atoms with E-state index in [9.17, 15) is 4.79 Å². The summed E-state index contributed by atoms with van der Waals surface area (Å²) in [4.78, 5) is 12.3. The lowest BCUT2D eigenvalue weighted by molar-refractivity contribution is 0.0922. The van der Waals surface area contributed by atoms with Crippen molar-refractivity contribution in [2.24, 2.45) is 5.41 Å². The Balaban J connectivity index is 1.60. The van der Waals surface area contributed by atoms with Crippen LogP contribution in [0.5, 0.6) is 0 Å². The number of carbonyl (C=O) groups is 1. The summed E-state index contributed by atoms with van der Waals surface area (Å²) >= 11 is 0. The lowest BCUT2D eigenvalue weighted by Gasteiger charge is -2.34. The average Bonchev–Trinajstić information content (AvgIpc) is 3.08. The van der Waals surface area contributed by atoms with E-state index in [-0.39, 0.29) is 11.3 Å². The summed E-state index contributed by atoms with van der Waals surface area (Å²) in [6.45, 7) is 5.04. The molecule has 5 heteroatoms. The summed E-state index contributed by atoms with van der Waals surface area (Å²) in [5, 5.41) is 10.6. The molecule has 2 N–H and O–H groups in total. The first-order chi connectivity index (χ1) is 10.7. The number of rotatable bonds is 4. The molecule has 1 saturated heterocycles. The van der Waals surface area contributed by atoms with Crippen molar-refractivity contribution in [2.75, 3.05) is 19.6 Å². The van der Waals surface area contributed by atoms with Gasteiger partial charge >= 0.3 is 0 Å². The van der Waals surface area contributed by atoms with Crippen molar-refractivity contribution in [1.29, 1.82) is 0 Å². The maximum Gasteiger partial charge on any atom is 0.251 e. The molecule has 1 aromatic carbocycles. The zero-order chi connectivity index (χ0) is 15.4. The number of nitrogens with zero attached hydrogens (tertiary/aromatic N) is 2. The highest BCUT2D eigenvalue weighted by Gasteiger charge is 2.27. The van der Waals surface area contributed by atoms with Crippen LogP contribution in [0.3, 0.4) is 0 Å². The van der Waals surface area contributed by atoms with Crippen LogP contribution in [-0.2, 0) is 0 Å². The Bertz CT molecular complexity index is 613. The second-order valence-corrected chi connectivity index (χ2v) is 6.24. The van der Waals surface area contributed by atoms with Crippen molar-refractivity contribution >= 4 is 5.91 Å². The van der Waals surface area contributed by atoms with Gasteiger partial charge in [0.05, 0.1) is 5.69 Å². The molecule has 0 atom stereocenters. The summed E-state index contributed by atoms with van der Waals surface area (Å²) in [5.74, 6) is -0.00762. The number of piperidine rings is 1. The molecule has 0 bridgehead atoms. The lowest BCUT2D eigenvalue weighted by Crippen LogP contribution is -2.42. The summed E-state index contributed by atoms with van der Waals surface area (Å²) in [7, 11) is 0. The third kappa shape index (κ3) is 3.36. The number of nitrogens with one attached hydrogen (secondary N) is 2. The van der Waals surface area contributed by atoms with E-state index in [0.29, 0.717) is 5.56 Å². The second-order valence-electron chi connectivity index (χ2n) is 6.24. The quantitative estimate of drug-likeness (QED) is 0.907. The molecule has 3 rings (SSSR count). The Kier molecular flexibility index (Phi) is 4.24. The van der Waals surface area contributed by atoms with Crippen molar-refractivity contribution in [3.8, 4) is 5.69 Å². The van der Waals surface area contributed by atoms with E-state index in [2.05, 4.69) is 22.7 Å². The number of amides is 1. The third-order valence-electron chi connectivity index (χ3n) is 4.38. The number of hydrogen-bond acceptors (Lipinski definition) is 3. The Morgan fingerprint density at radius 3 is 2.68 bits per heavy atom. The fourth-order valence-corrected chi connectivity index (χ4v) is 2.79. The second kappa shape index (κ2) is 6.32. The largest absolute Gasteiger partial charge is 0.351 e. The van der Waals surface area contributed by atoms with Gasteiger partial charge < -0.3 is 10.6 Å². The summed E-state index contributed by atoms with van der Waals surface area (Å²) in [6.07, 6.45) is 5.82. The number of aromatic nitrogens is 2. The van der Waals surface area contributed by atoms with Crippen LogP contribution in [0.4, 0.5) is 0 Å². The van der Waals surface area contributed by atoms with Gasteiger partial charge in [0, 0.05) is 24.5 Å². The first-order valence-electron chi connectivity index (χ1n) is 7.75. The van der Waals surface area contributed by atoms with Gasteiger partial charge in [0.1, 0.15) is 0 Å². The van der Waals surface area contributed by atoms with Crippen LogP contribution < -0.4 is 10.6 Å². The molecule has 0 radical (unpaired) electrons. The molecule has 1 aliphatic heterocycles. The van der Waals surface area contributed by atoms with Crippen LogP contribution in [0, 0.1) is 5.41 Å². The minimum atomic E-state index is -0.00762. The number of benzene rings is 1. The first-order valence-corrected chi connectivity index (χ1v) is 7.75. The zero-order valence-electron chi connectivity index (χ0n) is 12.9. The summed E-state index contributed by atoms with van der Waals surface area (Å²) in [6, 6.07) is 9.39. The van der Waals surface area contributed by atoms with Gasteiger partial charge in [-0.1, -0.05) is 6.92 Å². The smallest absolute Gasteiger partial charge is 0.251 e. The van der Waals surface area contributed by atoms with Crippen molar-refractivity contribution in [1.82, 2.24) is 20.4 Å². The molecule has 5 nitrogen and oxygen atoms in total. The molecule has 22 heavy (non-hydrogen) atoms. The Labute approximate surface area is 130 Å². The predicted molar refractivity (Wildman–Crippen MR) is 86.1 cm³/mol. The fourth-order valence-electron chi connectivity index (χ4n) is 2.79. The first kappa shape index (κ1) is 14.8. The van der Waals surface area contributed by atoms with E-state index in [0.717, 1.165) is 38.2 Å². The Hall–Kier alpha value is -2.14. The van der Waals surface area contributed by atoms with E-state index in [1.165, 1.54) is 0 Å². The van der Waals surface area contributed by atoms with Gasteiger partial charge in [-0.3, -0.25) is 4.79 Å². The molecule has 0 saturated carbocycles. The molecule has 0 spiro atoms. The molecule has 1 amide bonds. The highest BCUT2D eigenvalue weighted by atomic mass is 16.1. The SMILES string of the molecule is CC1(CNC(=O)c2ccc(-n3cccn3)cc2)CCNCC1. The zero-order valence-corrected chi connectivity index (χ0v) is 12.9. The Morgan fingerprint density at radius 2 is 2.05 bits per heavy atom. The molecule has 116 valence electrons. The van der Waals surface area contributed by atoms with Crippen LogP contribution in [0.1, 0.15) is 30.1 Å². The molecular formula is C17H22N4O. The topological polar surface area (TPSA) is 59.0 Å². The van der Waals surface area contributed by atoms with Gasteiger partial charge in [0.2, 0.25) is 0 Å². The third-order valence-corrected chi connectivity index (χ3v) is 4.38. The van der Waals surface area contributed by atoms with Gasteiger partial charge in [-0.15, -0.1) is 0 Å². The van der Waals surface area contributed by atoms with Crippen molar-refractivity contribution in [3.63, 3.8) is 0 Å². The molecule has 0 unspecified atom stereocenters. The molecule has 0 aliphatic carbocycles. The fraction of sp³-hybridized carbons (Fsp3) is 0.412. The standard InChI is InChI=1S/C17H22N4O/c1-17(7-10-18-11-8-17)13-19-16(22)14-3-5-15(6-4-14)21-12-2-9-20-21/h2-6,9,12,18H,7-8,10-11,13H2,1H3,(H,19,22). The number of hydrogen-bond donors (Lipinski definition) is 2. The van der Waals surface area contributed by atoms with Crippen LogP contribution in [-0.4, -0.2) is 35.3 Å². The minimum Gasteiger partial charge on any atom is -0.351 e. The van der Waals surface area contributed by atoms with Gasteiger partial charge in [-0.2, -0.15) is 5.10 Å². The van der Waals surface area contributed by atoms with E-state index in [4.69, 9.17) is 0 Å². The molecular weight excluding hydrogens is 276 g/mol. The van der Waals surface area contributed by atoms with E-state index in [1.807, 2.05) is 36.5 Å². The van der Waals surface area contributed by atoms with Crippen LogP contribution in [0.2, 0.25) is 0 Å². The van der Waals surface area contributed by atoms with Gasteiger partial charge in [0.25, 0.3) is 5.91 Å². The molecule has 1 fully saturated rings. The molecule has 2 aromatic rings. The maximum atomic E-state index is 12.3. The summed E-state index contributed by atoms with van der Waals surface area (Å²) in [5.41, 5.74) is 1.84. The van der Waals surface area contributed by atoms with Crippen molar-refractivity contribution in [2.45, 2.75) is 19.8 Å². The maximum absolute atomic E-state index is 12.3. The van der Waals surface area contributed by atoms with Crippen molar-refractivity contribution in [3.05, 3.63) is 48.3 Å². The van der Waals surface area contributed by atoms with Gasteiger partial charge in [-0.05, 0) is 61.7 Å². The van der Waals surface area contributed by atoms with Gasteiger partial charge in [-0.25, -0.2) is 4.68 Å². The van der Waals surface area contributed by atoms with Gasteiger partial charge in [0.15, 0.2) is 0 Å². The highest BCUT2D eigenvalue weighted by Crippen LogP contribution is 2.26. The average molecular weight is 298 g/mol. The van der Waals surface area contributed by atoms with E-state index < -0.39 is 0 Å².